The fourth-order valence-electron chi connectivity index (χ4n) is 4.66. The van der Waals surface area contributed by atoms with Gasteiger partial charge in [0.05, 0.1) is 12.0 Å². The molecule has 0 radical (unpaired) electrons. The summed E-state index contributed by atoms with van der Waals surface area (Å²) in [5, 5.41) is 1.33. The number of rotatable bonds is 3. The van der Waals surface area contributed by atoms with Crippen molar-refractivity contribution in [2.75, 3.05) is 6.61 Å². The smallest absolute Gasteiger partial charge is 0.319 e. The molecular formula is C20H24N2O3S2. The number of cyclic esters (lactones) is 1. The van der Waals surface area contributed by atoms with Crippen molar-refractivity contribution in [3.8, 4) is 0 Å². The van der Waals surface area contributed by atoms with Crippen molar-refractivity contribution in [3.05, 3.63) is 20.8 Å². The van der Waals surface area contributed by atoms with Crippen LogP contribution in [0.5, 0.6) is 0 Å². The molecule has 0 amide bonds. The Bertz CT molecular complexity index is 958. The van der Waals surface area contributed by atoms with E-state index in [0.29, 0.717) is 18.9 Å². The maximum Gasteiger partial charge on any atom is 0.319 e. The fraction of sp³-hybridized carbons (Fsp3) is 0.650. The van der Waals surface area contributed by atoms with Crippen LogP contribution >= 0.6 is 23.1 Å². The summed E-state index contributed by atoms with van der Waals surface area (Å²) in [7, 11) is 0. The molecule has 5 nitrogen and oxygen atoms in total. The lowest BCUT2D eigenvalue weighted by molar-refractivity contribution is -0.137. The number of thioether (sulfide) groups is 1. The molecule has 0 aromatic carbocycles. The summed E-state index contributed by atoms with van der Waals surface area (Å²) in [5.41, 5.74) is 1.36. The number of aromatic nitrogens is 2. The van der Waals surface area contributed by atoms with Crippen LogP contribution < -0.4 is 5.56 Å². The average Bonchev–Trinajstić information content (AvgIpc) is 3.35. The van der Waals surface area contributed by atoms with E-state index in [2.05, 4.69) is 6.92 Å². The van der Waals surface area contributed by atoms with E-state index in [4.69, 9.17) is 9.72 Å². The summed E-state index contributed by atoms with van der Waals surface area (Å²) < 4.78 is 7.05. The van der Waals surface area contributed by atoms with Gasteiger partial charge in [-0.25, -0.2) is 4.98 Å². The van der Waals surface area contributed by atoms with Gasteiger partial charge in [0.15, 0.2) is 5.16 Å². The summed E-state index contributed by atoms with van der Waals surface area (Å²) in [6.07, 6.45) is 8.25. The second kappa shape index (κ2) is 6.92. The Kier molecular flexibility index (Phi) is 4.55. The molecule has 0 N–H and O–H groups in total. The molecule has 2 fully saturated rings. The van der Waals surface area contributed by atoms with Gasteiger partial charge in [0.2, 0.25) is 0 Å². The number of ether oxygens (including phenoxy) is 1. The van der Waals surface area contributed by atoms with Crippen molar-refractivity contribution < 1.29 is 9.53 Å². The van der Waals surface area contributed by atoms with Crippen molar-refractivity contribution in [1.82, 2.24) is 9.55 Å². The number of carbonyl (C=O) groups is 1. The van der Waals surface area contributed by atoms with Crippen LogP contribution in [0.2, 0.25) is 0 Å². The number of hydrogen-bond donors (Lipinski definition) is 0. The van der Waals surface area contributed by atoms with Crippen molar-refractivity contribution in [2.45, 2.75) is 74.7 Å². The summed E-state index contributed by atoms with van der Waals surface area (Å²) in [6.45, 7) is 2.75. The van der Waals surface area contributed by atoms with Gasteiger partial charge in [-0.3, -0.25) is 14.2 Å². The molecule has 2 aliphatic carbocycles. The largest absolute Gasteiger partial charge is 0.465 e. The van der Waals surface area contributed by atoms with E-state index in [1.807, 2.05) is 4.57 Å². The number of carbonyl (C=O) groups excluding carboxylic acids is 1. The van der Waals surface area contributed by atoms with Gasteiger partial charge in [0.1, 0.15) is 10.1 Å². The Morgan fingerprint density at radius 3 is 2.74 bits per heavy atom. The minimum atomic E-state index is -0.239. The molecule has 1 saturated heterocycles. The maximum atomic E-state index is 13.6. The standard InChI is InChI=1S/C20H24N2O3S2/c1-11-6-7-13-15(10-11)26-17-16(13)18(23)22(12-4-2-3-5-12)20(21-17)27-14-8-9-25-19(14)24/h11-12,14H,2-10H2,1H3/t11-,14+/m1/s1. The first-order valence-electron chi connectivity index (χ1n) is 10.0. The highest BCUT2D eigenvalue weighted by atomic mass is 32.2. The second-order valence-corrected chi connectivity index (χ2v) is 10.4. The van der Waals surface area contributed by atoms with E-state index < -0.39 is 0 Å². The predicted octanol–water partition coefficient (Wildman–Crippen LogP) is 4.11. The average molecular weight is 405 g/mol. The lowest BCUT2D eigenvalue weighted by Crippen LogP contribution is -2.28. The SMILES string of the molecule is C[C@@H]1CCc2c(sc3nc(S[C@H]4CCOC4=O)n(C4CCCC4)c(=O)c23)C1. The van der Waals surface area contributed by atoms with Gasteiger partial charge in [-0.1, -0.05) is 31.5 Å². The van der Waals surface area contributed by atoms with Crippen LogP contribution in [0.4, 0.5) is 0 Å². The number of hydrogen-bond acceptors (Lipinski definition) is 6. The van der Waals surface area contributed by atoms with Crippen LogP contribution in [-0.2, 0) is 22.4 Å². The van der Waals surface area contributed by atoms with Crippen LogP contribution in [0.3, 0.4) is 0 Å². The molecule has 3 aliphatic rings. The summed E-state index contributed by atoms with van der Waals surface area (Å²) >= 11 is 3.12. The van der Waals surface area contributed by atoms with Crippen molar-refractivity contribution in [3.63, 3.8) is 0 Å². The highest BCUT2D eigenvalue weighted by Crippen LogP contribution is 2.39. The fourth-order valence-corrected chi connectivity index (χ4v) is 7.22. The molecule has 2 aromatic heterocycles. The minimum absolute atomic E-state index is 0.118. The zero-order valence-electron chi connectivity index (χ0n) is 15.5. The predicted molar refractivity (Wildman–Crippen MR) is 108 cm³/mol. The van der Waals surface area contributed by atoms with Gasteiger partial charge in [0, 0.05) is 17.3 Å². The first kappa shape index (κ1) is 17.7. The lowest BCUT2D eigenvalue weighted by Gasteiger charge is -2.20. The summed E-state index contributed by atoms with van der Waals surface area (Å²) in [5.74, 6) is 0.497. The Balaban J connectivity index is 1.66. The van der Waals surface area contributed by atoms with Gasteiger partial charge >= 0.3 is 5.97 Å². The zero-order valence-corrected chi connectivity index (χ0v) is 17.2. The minimum Gasteiger partial charge on any atom is -0.465 e. The molecule has 1 aliphatic heterocycles. The third-order valence-corrected chi connectivity index (χ3v) is 8.51. The highest BCUT2D eigenvalue weighted by Gasteiger charge is 2.33. The molecule has 144 valence electrons. The number of nitrogens with zero attached hydrogens (tertiary/aromatic N) is 2. The molecule has 0 spiro atoms. The maximum absolute atomic E-state index is 13.6. The van der Waals surface area contributed by atoms with E-state index in [1.165, 1.54) is 22.2 Å². The Morgan fingerprint density at radius 2 is 2.00 bits per heavy atom. The molecule has 27 heavy (non-hydrogen) atoms. The van der Waals surface area contributed by atoms with Crippen LogP contribution in [0.1, 0.15) is 61.9 Å². The summed E-state index contributed by atoms with van der Waals surface area (Å²) in [4.78, 5) is 32.8. The number of esters is 1. The molecule has 5 rings (SSSR count). The van der Waals surface area contributed by atoms with E-state index in [0.717, 1.165) is 60.3 Å². The van der Waals surface area contributed by atoms with Gasteiger partial charge in [-0.05, 0) is 43.6 Å². The van der Waals surface area contributed by atoms with Crippen LogP contribution in [0.15, 0.2) is 9.95 Å². The van der Waals surface area contributed by atoms with E-state index in [-0.39, 0.29) is 22.8 Å². The molecule has 2 aromatic rings. The van der Waals surface area contributed by atoms with Gasteiger partial charge < -0.3 is 4.74 Å². The molecule has 0 bridgehead atoms. The number of aryl methyl sites for hydroxylation is 1. The molecule has 0 unspecified atom stereocenters. The van der Waals surface area contributed by atoms with Crippen LogP contribution in [0, 0.1) is 5.92 Å². The van der Waals surface area contributed by atoms with Crippen molar-refractivity contribution in [1.29, 1.82) is 0 Å². The Labute approximate surface area is 166 Å². The van der Waals surface area contributed by atoms with Crippen molar-refractivity contribution >= 4 is 39.3 Å². The van der Waals surface area contributed by atoms with Gasteiger partial charge in [-0.2, -0.15) is 0 Å². The third-order valence-electron chi connectivity index (χ3n) is 6.15. The normalized spacial score (nSPS) is 25.9. The van der Waals surface area contributed by atoms with Crippen molar-refractivity contribution in [2.24, 2.45) is 5.92 Å². The van der Waals surface area contributed by atoms with E-state index in [9.17, 15) is 9.59 Å². The number of thiophene rings is 1. The molecule has 1 saturated carbocycles. The molecule has 2 atom stereocenters. The summed E-state index contributed by atoms with van der Waals surface area (Å²) in [6, 6.07) is 0.215. The van der Waals surface area contributed by atoms with Gasteiger partial charge in [0.25, 0.3) is 5.56 Å². The zero-order chi connectivity index (χ0) is 18.5. The monoisotopic (exact) mass is 404 g/mol. The quantitative estimate of drug-likeness (QED) is 0.569. The lowest BCUT2D eigenvalue weighted by atomic mass is 9.89. The number of fused-ring (bicyclic) bond motifs is 3. The molecule has 3 heterocycles. The van der Waals surface area contributed by atoms with Gasteiger partial charge in [-0.15, -0.1) is 11.3 Å². The Hall–Kier alpha value is -1.34. The first-order valence-corrected chi connectivity index (χ1v) is 11.7. The topological polar surface area (TPSA) is 61.2 Å². The van der Waals surface area contributed by atoms with Crippen LogP contribution in [-0.4, -0.2) is 27.4 Å². The Morgan fingerprint density at radius 1 is 1.19 bits per heavy atom. The molecular weight excluding hydrogens is 380 g/mol. The van der Waals surface area contributed by atoms with Crippen LogP contribution in [0.25, 0.3) is 10.2 Å². The first-order chi connectivity index (χ1) is 13.1. The third kappa shape index (κ3) is 3.03. The van der Waals surface area contributed by atoms with E-state index >= 15 is 0 Å². The second-order valence-electron chi connectivity index (χ2n) is 8.10. The molecule has 7 heteroatoms. The highest BCUT2D eigenvalue weighted by molar-refractivity contribution is 8.00. The van der Waals surface area contributed by atoms with E-state index in [1.54, 1.807) is 11.3 Å².